The van der Waals surface area contributed by atoms with Crippen LogP contribution in [-0.4, -0.2) is 43.9 Å². The van der Waals surface area contributed by atoms with Gasteiger partial charge in [-0.15, -0.1) is 10.2 Å². The highest BCUT2D eigenvalue weighted by Gasteiger charge is 2.19. The summed E-state index contributed by atoms with van der Waals surface area (Å²) < 4.78 is 7.18. The van der Waals surface area contributed by atoms with Crippen LogP contribution >= 0.6 is 11.8 Å². The van der Waals surface area contributed by atoms with Gasteiger partial charge in [0.1, 0.15) is 5.75 Å². The fourth-order valence-corrected chi connectivity index (χ4v) is 4.45. The zero-order valence-electron chi connectivity index (χ0n) is 21.3. The average molecular weight is 547 g/mol. The van der Waals surface area contributed by atoms with E-state index in [0.717, 1.165) is 11.4 Å². The highest BCUT2D eigenvalue weighted by atomic mass is 32.2. The molecule has 0 bridgehead atoms. The van der Waals surface area contributed by atoms with Gasteiger partial charge in [-0.25, -0.2) is 0 Å². The number of carbonyl (C=O) groups is 2. The Bertz CT molecular complexity index is 1470. The number of carbonyl (C=O) groups excluding carboxylic acids is 2. The lowest BCUT2D eigenvalue weighted by Gasteiger charge is -2.11. The number of aromatic nitrogens is 3. The van der Waals surface area contributed by atoms with Crippen molar-refractivity contribution >= 4 is 35.0 Å². The Kier molecular flexibility index (Phi) is 8.90. The molecule has 3 aromatic carbocycles. The number of benzene rings is 3. The number of ether oxygens (including phenoxy) is 1. The topological polar surface area (TPSA) is 141 Å². The number of para-hydroxylation sites is 1. The van der Waals surface area contributed by atoms with Crippen LogP contribution in [0.3, 0.4) is 0 Å². The van der Waals surface area contributed by atoms with Crippen LogP contribution in [0.15, 0.2) is 78.0 Å². The van der Waals surface area contributed by atoms with Crippen LogP contribution in [0, 0.1) is 17.0 Å². The Morgan fingerprint density at radius 2 is 1.79 bits per heavy atom. The first kappa shape index (κ1) is 27.3. The van der Waals surface area contributed by atoms with E-state index in [2.05, 4.69) is 20.8 Å². The minimum Gasteiger partial charge on any atom is -0.494 e. The Labute approximate surface area is 228 Å². The van der Waals surface area contributed by atoms with Crippen LogP contribution in [0.2, 0.25) is 0 Å². The van der Waals surface area contributed by atoms with Gasteiger partial charge in [-0.2, -0.15) is 0 Å². The van der Waals surface area contributed by atoms with Crippen LogP contribution in [0.25, 0.3) is 5.69 Å². The van der Waals surface area contributed by atoms with Crippen LogP contribution < -0.4 is 15.4 Å². The molecule has 200 valence electrons. The summed E-state index contributed by atoms with van der Waals surface area (Å²) in [6.07, 6.45) is 0. The van der Waals surface area contributed by atoms with Crippen molar-refractivity contribution in [3.63, 3.8) is 0 Å². The maximum atomic E-state index is 12.7. The molecular weight excluding hydrogens is 520 g/mol. The summed E-state index contributed by atoms with van der Waals surface area (Å²) >= 11 is 1.20. The Morgan fingerprint density at radius 1 is 1.05 bits per heavy atom. The van der Waals surface area contributed by atoms with Crippen LogP contribution in [0.5, 0.6) is 5.75 Å². The number of aryl methyl sites for hydroxylation is 1. The van der Waals surface area contributed by atoms with E-state index in [1.807, 2.05) is 37.3 Å². The first-order valence-electron chi connectivity index (χ1n) is 12.0. The molecule has 0 aliphatic carbocycles. The van der Waals surface area contributed by atoms with Gasteiger partial charge in [0.15, 0.2) is 11.0 Å². The first-order valence-corrected chi connectivity index (χ1v) is 13.0. The predicted molar refractivity (Wildman–Crippen MR) is 147 cm³/mol. The number of rotatable bonds is 11. The molecule has 1 heterocycles. The number of hydrogen-bond acceptors (Lipinski definition) is 8. The van der Waals surface area contributed by atoms with Crippen molar-refractivity contribution in [1.29, 1.82) is 0 Å². The van der Waals surface area contributed by atoms with Gasteiger partial charge in [0, 0.05) is 28.6 Å². The van der Waals surface area contributed by atoms with Gasteiger partial charge in [-0.1, -0.05) is 36.0 Å². The maximum absolute atomic E-state index is 12.7. The Morgan fingerprint density at radius 3 is 2.49 bits per heavy atom. The Balaban J connectivity index is 1.46. The molecule has 0 aliphatic rings. The SMILES string of the molecule is CCOc1ccc(NC(=O)CSc2nnc(CNC(=O)c3ccc(C)c([N+](=O)[O-])c3)n2-c2ccccc2)cc1. The number of hydrogen-bond donors (Lipinski definition) is 2. The van der Waals surface area contributed by atoms with Crippen molar-refractivity contribution in [2.75, 3.05) is 17.7 Å². The van der Waals surface area contributed by atoms with Gasteiger partial charge >= 0.3 is 0 Å². The van der Waals surface area contributed by atoms with Crippen molar-refractivity contribution in [3.8, 4) is 11.4 Å². The zero-order valence-corrected chi connectivity index (χ0v) is 22.1. The fraction of sp³-hybridized carbons (Fsp3) is 0.185. The van der Waals surface area contributed by atoms with Crippen molar-refractivity contribution in [1.82, 2.24) is 20.1 Å². The monoisotopic (exact) mass is 546 g/mol. The number of nitro groups is 1. The Hall–Kier alpha value is -4.71. The normalized spacial score (nSPS) is 10.6. The third-order valence-corrected chi connectivity index (χ3v) is 6.50. The highest BCUT2D eigenvalue weighted by molar-refractivity contribution is 7.99. The molecule has 39 heavy (non-hydrogen) atoms. The number of nitrogens with one attached hydrogen (secondary N) is 2. The first-order chi connectivity index (χ1) is 18.9. The summed E-state index contributed by atoms with van der Waals surface area (Å²) in [6, 6.07) is 20.7. The predicted octanol–water partition coefficient (Wildman–Crippen LogP) is 4.54. The minimum absolute atomic E-state index is 0.0152. The zero-order chi connectivity index (χ0) is 27.8. The number of amides is 2. The summed E-state index contributed by atoms with van der Waals surface area (Å²) in [5.74, 6) is 0.538. The molecule has 0 radical (unpaired) electrons. The summed E-state index contributed by atoms with van der Waals surface area (Å²) in [5.41, 5.74) is 1.91. The van der Waals surface area contributed by atoms with E-state index in [4.69, 9.17) is 4.74 Å². The van der Waals surface area contributed by atoms with Crippen molar-refractivity contribution in [3.05, 3.63) is 99.9 Å². The van der Waals surface area contributed by atoms with Crippen LogP contribution in [-0.2, 0) is 11.3 Å². The van der Waals surface area contributed by atoms with E-state index in [-0.39, 0.29) is 29.5 Å². The second kappa shape index (κ2) is 12.7. The highest BCUT2D eigenvalue weighted by Crippen LogP contribution is 2.23. The molecule has 0 fully saturated rings. The molecule has 0 spiro atoms. The molecule has 0 atom stereocenters. The molecule has 1 aromatic heterocycles. The average Bonchev–Trinajstić information content (AvgIpc) is 3.35. The molecule has 0 aliphatic heterocycles. The van der Waals surface area contributed by atoms with Gasteiger partial charge in [0.25, 0.3) is 11.6 Å². The third-order valence-electron chi connectivity index (χ3n) is 5.57. The van der Waals surface area contributed by atoms with Gasteiger partial charge in [-0.3, -0.25) is 24.3 Å². The number of thioether (sulfide) groups is 1. The fourth-order valence-electron chi connectivity index (χ4n) is 3.68. The molecule has 2 amide bonds. The number of anilines is 1. The standard InChI is InChI=1S/C27H26N6O5S/c1-3-38-22-13-11-20(12-14-22)29-25(34)17-39-27-31-30-24(32(27)21-7-5-4-6-8-21)16-28-26(35)19-10-9-18(2)23(15-19)33(36)37/h4-15H,3,16-17H2,1-2H3,(H,28,35)(H,29,34). The largest absolute Gasteiger partial charge is 0.494 e. The van der Waals surface area contributed by atoms with Crippen LogP contribution in [0.1, 0.15) is 28.7 Å². The number of nitrogens with zero attached hydrogens (tertiary/aromatic N) is 4. The lowest BCUT2D eigenvalue weighted by atomic mass is 10.1. The van der Waals surface area contributed by atoms with Crippen LogP contribution in [0.4, 0.5) is 11.4 Å². The molecule has 4 rings (SSSR count). The van der Waals surface area contributed by atoms with Gasteiger partial charge in [0.2, 0.25) is 5.91 Å². The second-order valence-electron chi connectivity index (χ2n) is 8.31. The van der Waals surface area contributed by atoms with E-state index < -0.39 is 10.8 Å². The smallest absolute Gasteiger partial charge is 0.273 e. The third kappa shape index (κ3) is 6.99. The lowest BCUT2D eigenvalue weighted by Crippen LogP contribution is -2.24. The summed E-state index contributed by atoms with van der Waals surface area (Å²) in [4.78, 5) is 36.1. The van der Waals surface area contributed by atoms with E-state index in [0.29, 0.717) is 28.8 Å². The van der Waals surface area contributed by atoms with Crippen molar-refractivity contribution in [2.45, 2.75) is 25.5 Å². The quantitative estimate of drug-likeness (QED) is 0.159. The number of nitro benzene ring substituents is 1. The molecule has 0 saturated carbocycles. The maximum Gasteiger partial charge on any atom is 0.273 e. The minimum atomic E-state index is -0.520. The molecular formula is C27H26N6O5S. The molecule has 11 nitrogen and oxygen atoms in total. The molecule has 0 unspecified atom stereocenters. The summed E-state index contributed by atoms with van der Waals surface area (Å²) in [7, 11) is 0. The van der Waals surface area contributed by atoms with Gasteiger partial charge < -0.3 is 15.4 Å². The van der Waals surface area contributed by atoms with Crippen molar-refractivity contribution in [2.24, 2.45) is 0 Å². The lowest BCUT2D eigenvalue weighted by molar-refractivity contribution is -0.385. The molecule has 2 N–H and O–H groups in total. The summed E-state index contributed by atoms with van der Waals surface area (Å²) in [6.45, 7) is 4.09. The molecule has 0 saturated heterocycles. The van der Waals surface area contributed by atoms with Gasteiger partial charge in [-0.05, 0) is 56.3 Å². The second-order valence-corrected chi connectivity index (χ2v) is 9.25. The van der Waals surface area contributed by atoms with E-state index >= 15 is 0 Å². The summed E-state index contributed by atoms with van der Waals surface area (Å²) in [5, 5.41) is 25.8. The molecule has 12 heteroatoms. The van der Waals surface area contributed by atoms with Gasteiger partial charge in [0.05, 0.1) is 23.8 Å². The van der Waals surface area contributed by atoms with E-state index in [9.17, 15) is 19.7 Å². The van der Waals surface area contributed by atoms with Crippen molar-refractivity contribution < 1.29 is 19.2 Å². The van der Waals surface area contributed by atoms with E-state index in [1.165, 1.54) is 30.0 Å². The molecule has 4 aromatic rings. The van der Waals surface area contributed by atoms with E-state index in [1.54, 1.807) is 35.8 Å².